The molecule has 0 aliphatic heterocycles. The average molecular weight is 250 g/mol. The summed E-state index contributed by atoms with van der Waals surface area (Å²) in [6, 6.07) is 6.17. The number of nitrogens with two attached hydrogens (primary N) is 1. The molecule has 2 N–H and O–H groups in total. The second-order valence-corrected chi connectivity index (χ2v) is 4.69. The normalized spacial score (nSPS) is 10.7. The van der Waals surface area contributed by atoms with Gasteiger partial charge in [0.25, 0.3) is 0 Å². The molecule has 0 fully saturated rings. The van der Waals surface area contributed by atoms with Crippen LogP contribution in [0.25, 0.3) is 0 Å². The summed E-state index contributed by atoms with van der Waals surface area (Å²) in [4.78, 5) is 12.7. The van der Waals surface area contributed by atoms with Crippen LogP contribution < -0.4 is 10.5 Å². The second kappa shape index (κ2) is 7.01. The fraction of sp³-hybridized carbons (Fsp3) is 0.500. The van der Waals surface area contributed by atoms with E-state index in [9.17, 15) is 4.79 Å². The third-order valence-corrected chi connectivity index (χ3v) is 2.68. The summed E-state index contributed by atoms with van der Waals surface area (Å²) in [5.74, 6) is 0.632. The predicted molar refractivity (Wildman–Crippen MR) is 72.7 cm³/mol. The van der Waals surface area contributed by atoms with Crippen molar-refractivity contribution in [1.82, 2.24) is 4.90 Å². The number of hydrogen-bond acceptors (Lipinski definition) is 3. The van der Waals surface area contributed by atoms with Crippen molar-refractivity contribution in [2.75, 3.05) is 26.7 Å². The topological polar surface area (TPSA) is 55.6 Å². The van der Waals surface area contributed by atoms with Gasteiger partial charge in [-0.2, -0.15) is 0 Å². The fourth-order valence-electron chi connectivity index (χ4n) is 1.75. The number of amides is 1. The van der Waals surface area contributed by atoms with Crippen molar-refractivity contribution in [3.05, 3.63) is 29.3 Å². The van der Waals surface area contributed by atoms with Crippen LogP contribution in [-0.4, -0.2) is 37.6 Å². The summed E-state index contributed by atoms with van der Waals surface area (Å²) >= 11 is 0. The van der Waals surface area contributed by atoms with E-state index < -0.39 is 0 Å². The zero-order chi connectivity index (χ0) is 13.5. The number of aryl methyl sites for hydroxylation is 2. The molecule has 0 aliphatic carbocycles. The van der Waals surface area contributed by atoms with E-state index in [-0.39, 0.29) is 5.91 Å². The quantitative estimate of drug-likeness (QED) is 0.797. The lowest BCUT2D eigenvalue weighted by molar-refractivity contribution is -0.118. The predicted octanol–water partition coefficient (Wildman–Crippen LogP) is 1.49. The number of rotatable bonds is 7. The van der Waals surface area contributed by atoms with Crippen molar-refractivity contribution >= 4 is 5.91 Å². The lowest BCUT2D eigenvalue weighted by atomic mass is 10.1. The molecule has 1 rings (SSSR count). The first-order chi connectivity index (χ1) is 8.47. The number of carbonyl (C=O) groups is 1. The van der Waals surface area contributed by atoms with Gasteiger partial charge in [0.2, 0.25) is 5.91 Å². The van der Waals surface area contributed by atoms with Crippen molar-refractivity contribution in [2.24, 2.45) is 5.73 Å². The van der Waals surface area contributed by atoms with Crippen LogP contribution in [0.15, 0.2) is 18.2 Å². The van der Waals surface area contributed by atoms with Crippen LogP contribution >= 0.6 is 0 Å². The Morgan fingerprint density at radius 1 is 1.22 bits per heavy atom. The Kier molecular flexibility index (Phi) is 5.65. The number of ether oxygens (including phenoxy) is 1. The van der Waals surface area contributed by atoms with Gasteiger partial charge in [-0.1, -0.05) is 6.07 Å². The number of primary amides is 1. The minimum Gasteiger partial charge on any atom is -0.492 e. The van der Waals surface area contributed by atoms with Crippen molar-refractivity contribution < 1.29 is 9.53 Å². The highest BCUT2D eigenvalue weighted by atomic mass is 16.5. The van der Waals surface area contributed by atoms with E-state index in [1.165, 1.54) is 11.1 Å². The Morgan fingerprint density at radius 2 is 1.83 bits per heavy atom. The number of carbonyl (C=O) groups excluding carboxylic acids is 1. The molecule has 0 unspecified atom stereocenters. The fourth-order valence-corrected chi connectivity index (χ4v) is 1.75. The molecule has 1 amide bonds. The van der Waals surface area contributed by atoms with E-state index in [1.807, 2.05) is 24.1 Å². The van der Waals surface area contributed by atoms with Gasteiger partial charge in [0.1, 0.15) is 12.4 Å². The first-order valence-corrected chi connectivity index (χ1v) is 6.15. The van der Waals surface area contributed by atoms with Crippen molar-refractivity contribution in [1.29, 1.82) is 0 Å². The Morgan fingerprint density at radius 3 is 2.39 bits per heavy atom. The molecule has 0 radical (unpaired) electrons. The maximum atomic E-state index is 10.6. The Labute approximate surface area is 109 Å². The van der Waals surface area contributed by atoms with E-state index in [1.54, 1.807) is 0 Å². The van der Waals surface area contributed by atoms with Crippen LogP contribution in [0.1, 0.15) is 17.5 Å². The molecule has 18 heavy (non-hydrogen) atoms. The highest BCUT2D eigenvalue weighted by Crippen LogP contribution is 2.15. The zero-order valence-corrected chi connectivity index (χ0v) is 11.4. The van der Waals surface area contributed by atoms with Gasteiger partial charge in [0.15, 0.2) is 0 Å². The summed E-state index contributed by atoms with van der Waals surface area (Å²) in [7, 11) is 1.95. The molecule has 4 nitrogen and oxygen atoms in total. The summed E-state index contributed by atoms with van der Waals surface area (Å²) in [5.41, 5.74) is 7.50. The minimum atomic E-state index is -0.267. The van der Waals surface area contributed by atoms with Crippen LogP contribution in [0, 0.1) is 13.8 Å². The first kappa shape index (κ1) is 14.5. The molecule has 0 saturated carbocycles. The van der Waals surface area contributed by atoms with Gasteiger partial charge in [0.05, 0.1) is 0 Å². The lowest BCUT2D eigenvalue weighted by Gasteiger charge is -2.16. The third-order valence-electron chi connectivity index (χ3n) is 2.68. The van der Waals surface area contributed by atoms with Crippen LogP contribution in [-0.2, 0) is 4.79 Å². The van der Waals surface area contributed by atoms with E-state index in [4.69, 9.17) is 10.5 Å². The highest BCUT2D eigenvalue weighted by Gasteiger charge is 2.02. The molecule has 1 aromatic carbocycles. The number of likely N-dealkylation sites (N-methyl/N-ethyl adjacent to an activating group) is 1. The molecular weight excluding hydrogens is 228 g/mol. The van der Waals surface area contributed by atoms with Crippen LogP contribution in [0.5, 0.6) is 5.75 Å². The van der Waals surface area contributed by atoms with Crippen LogP contribution in [0.4, 0.5) is 0 Å². The molecule has 0 heterocycles. The molecule has 0 saturated heterocycles. The molecule has 0 aliphatic rings. The molecule has 4 heteroatoms. The van der Waals surface area contributed by atoms with Gasteiger partial charge in [-0.3, -0.25) is 4.79 Å². The summed E-state index contributed by atoms with van der Waals surface area (Å²) in [5, 5.41) is 0. The van der Waals surface area contributed by atoms with Gasteiger partial charge in [0, 0.05) is 19.5 Å². The van der Waals surface area contributed by atoms with Gasteiger partial charge in [-0.15, -0.1) is 0 Å². The van der Waals surface area contributed by atoms with Crippen molar-refractivity contribution in [3.63, 3.8) is 0 Å². The van der Waals surface area contributed by atoms with E-state index in [0.717, 1.165) is 12.3 Å². The number of hydrogen-bond donors (Lipinski definition) is 1. The zero-order valence-electron chi connectivity index (χ0n) is 11.4. The average Bonchev–Trinajstić information content (AvgIpc) is 2.25. The SMILES string of the molecule is Cc1cc(C)cc(OCCN(C)CCC(N)=O)c1. The van der Waals surface area contributed by atoms with E-state index in [2.05, 4.69) is 19.9 Å². The Bertz CT molecular complexity index is 385. The summed E-state index contributed by atoms with van der Waals surface area (Å²) in [6.07, 6.45) is 0.389. The van der Waals surface area contributed by atoms with Crippen molar-refractivity contribution in [2.45, 2.75) is 20.3 Å². The van der Waals surface area contributed by atoms with E-state index >= 15 is 0 Å². The molecule has 100 valence electrons. The largest absolute Gasteiger partial charge is 0.492 e. The Hall–Kier alpha value is -1.55. The molecule has 0 aromatic heterocycles. The first-order valence-electron chi connectivity index (χ1n) is 6.15. The molecule has 0 atom stereocenters. The second-order valence-electron chi connectivity index (χ2n) is 4.69. The summed E-state index contributed by atoms with van der Waals surface area (Å²) in [6.45, 7) is 6.17. The maximum Gasteiger partial charge on any atom is 0.218 e. The summed E-state index contributed by atoms with van der Waals surface area (Å²) < 4.78 is 5.69. The highest BCUT2D eigenvalue weighted by molar-refractivity contribution is 5.73. The van der Waals surface area contributed by atoms with Gasteiger partial charge in [-0.05, 0) is 44.2 Å². The Balaban J connectivity index is 2.30. The molecule has 0 spiro atoms. The van der Waals surface area contributed by atoms with Gasteiger partial charge < -0.3 is 15.4 Å². The third kappa shape index (κ3) is 5.68. The molecule has 1 aromatic rings. The maximum absolute atomic E-state index is 10.6. The van der Waals surface area contributed by atoms with Crippen LogP contribution in [0.2, 0.25) is 0 Å². The minimum absolute atomic E-state index is 0.267. The van der Waals surface area contributed by atoms with Crippen molar-refractivity contribution in [3.8, 4) is 5.75 Å². The molecule has 0 bridgehead atoms. The monoisotopic (exact) mass is 250 g/mol. The number of nitrogens with zero attached hydrogens (tertiary/aromatic N) is 1. The molecular formula is C14H22N2O2. The standard InChI is InChI=1S/C14H22N2O2/c1-11-8-12(2)10-13(9-11)18-7-6-16(3)5-4-14(15)17/h8-10H,4-7H2,1-3H3,(H2,15,17). The smallest absolute Gasteiger partial charge is 0.218 e. The van der Waals surface area contributed by atoms with Gasteiger partial charge in [-0.25, -0.2) is 0 Å². The lowest BCUT2D eigenvalue weighted by Crippen LogP contribution is -2.28. The van der Waals surface area contributed by atoms with Crippen LogP contribution in [0.3, 0.4) is 0 Å². The van der Waals surface area contributed by atoms with E-state index in [0.29, 0.717) is 19.6 Å². The number of benzene rings is 1. The van der Waals surface area contributed by atoms with Gasteiger partial charge >= 0.3 is 0 Å².